The molecule has 0 N–H and O–H groups in total. The average molecular weight is 320 g/mol. The normalized spacial score (nSPS) is 12.0. The van der Waals surface area contributed by atoms with Gasteiger partial charge in [-0.25, -0.2) is 0 Å². The van der Waals surface area contributed by atoms with Crippen molar-refractivity contribution in [2.75, 3.05) is 12.3 Å². The van der Waals surface area contributed by atoms with E-state index in [0.717, 1.165) is 8.58 Å². The fourth-order valence-electron chi connectivity index (χ4n) is 3.16. The van der Waals surface area contributed by atoms with Crippen molar-refractivity contribution >= 4 is 55.4 Å². The molecule has 108 valence electrons. The van der Waals surface area contributed by atoms with Crippen molar-refractivity contribution in [1.82, 2.24) is 0 Å². The summed E-state index contributed by atoms with van der Waals surface area (Å²) in [5.74, 6) is 0. The van der Waals surface area contributed by atoms with Gasteiger partial charge in [0.15, 0.2) is 0 Å². The van der Waals surface area contributed by atoms with Gasteiger partial charge >= 0.3 is 0 Å². The van der Waals surface area contributed by atoms with Gasteiger partial charge in [-0.05, 0) is 62.1 Å². The SMILES string of the molecule is PCCPc1cccc2ccc3cc4ccccc4cc3c12. The Bertz CT molecular complexity index is 973. The first-order valence-corrected chi connectivity index (χ1v) is 9.67. The van der Waals surface area contributed by atoms with E-state index in [-0.39, 0.29) is 0 Å². The van der Waals surface area contributed by atoms with E-state index in [1.54, 1.807) is 0 Å². The minimum atomic E-state index is 0.878. The van der Waals surface area contributed by atoms with E-state index in [1.807, 2.05) is 0 Å². The average Bonchev–Trinajstić information content (AvgIpc) is 2.57. The molecule has 0 heterocycles. The molecule has 0 saturated carbocycles. The summed E-state index contributed by atoms with van der Waals surface area (Å²) in [7, 11) is 3.72. The molecule has 0 saturated heterocycles. The number of hydrogen-bond donors (Lipinski definition) is 0. The van der Waals surface area contributed by atoms with Crippen LogP contribution >= 0.6 is 17.8 Å². The highest BCUT2D eigenvalue weighted by molar-refractivity contribution is 7.48. The van der Waals surface area contributed by atoms with Crippen molar-refractivity contribution in [1.29, 1.82) is 0 Å². The maximum atomic E-state index is 2.84. The van der Waals surface area contributed by atoms with Crippen LogP contribution in [0.5, 0.6) is 0 Å². The quantitative estimate of drug-likeness (QED) is 0.272. The van der Waals surface area contributed by atoms with Crippen molar-refractivity contribution in [2.45, 2.75) is 0 Å². The van der Waals surface area contributed by atoms with Crippen LogP contribution in [0, 0.1) is 0 Å². The lowest BCUT2D eigenvalue weighted by atomic mass is 9.98. The monoisotopic (exact) mass is 320 g/mol. The summed E-state index contributed by atoms with van der Waals surface area (Å²) in [6, 6.07) is 24.6. The van der Waals surface area contributed by atoms with Crippen LogP contribution in [-0.2, 0) is 0 Å². The molecule has 4 rings (SSSR count). The van der Waals surface area contributed by atoms with Gasteiger partial charge in [0.1, 0.15) is 0 Å². The Balaban J connectivity index is 2.09. The highest BCUT2D eigenvalue weighted by Gasteiger charge is 2.07. The van der Waals surface area contributed by atoms with Gasteiger partial charge in [-0.15, -0.1) is 9.24 Å². The molecule has 0 aliphatic heterocycles. The van der Waals surface area contributed by atoms with E-state index in [4.69, 9.17) is 0 Å². The zero-order valence-electron chi connectivity index (χ0n) is 12.3. The number of hydrogen-bond acceptors (Lipinski definition) is 0. The zero-order chi connectivity index (χ0) is 14.9. The minimum absolute atomic E-state index is 0.878. The lowest BCUT2D eigenvalue weighted by Gasteiger charge is -2.11. The summed E-state index contributed by atoms with van der Waals surface area (Å²) in [5, 5.41) is 9.68. The number of fused-ring (bicyclic) bond motifs is 4. The van der Waals surface area contributed by atoms with Crippen molar-refractivity contribution in [3.05, 3.63) is 66.7 Å². The maximum Gasteiger partial charge on any atom is -0.00308 e. The van der Waals surface area contributed by atoms with Crippen LogP contribution in [0.25, 0.3) is 32.3 Å². The molecule has 2 atom stereocenters. The van der Waals surface area contributed by atoms with Crippen LogP contribution in [0.3, 0.4) is 0 Å². The van der Waals surface area contributed by atoms with E-state index in [0.29, 0.717) is 0 Å². The Morgan fingerprint density at radius 2 is 1.45 bits per heavy atom. The Kier molecular flexibility index (Phi) is 3.83. The number of benzene rings is 4. The Morgan fingerprint density at radius 1 is 0.727 bits per heavy atom. The smallest absolute Gasteiger partial charge is 0.00308 e. The van der Waals surface area contributed by atoms with Crippen LogP contribution in [0.2, 0.25) is 0 Å². The van der Waals surface area contributed by atoms with Crippen molar-refractivity contribution < 1.29 is 0 Å². The number of rotatable bonds is 3. The second kappa shape index (κ2) is 5.96. The van der Waals surface area contributed by atoms with Crippen LogP contribution in [0.15, 0.2) is 66.7 Å². The molecule has 0 aliphatic carbocycles. The molecular formula is C20H18P2. The summed E-state index contributed by atoms with van der Waals surface area (Å²) >= 11 is 0. The van der Waals surface area contributed by atoms with Crippen LogP contribution in [0.1, 0.15) is 0 Å². The molecule has 22 heavy (non-hydrogen) atoms. The first-order valence-electron chi connectivity index (χ1n) is 7.65. The molecule has 0 amide bonds. The maximum absolute atomic E-state index is 2.84. The molecule has 0 bridgehead atoms. The van der Waals surface area contributed by atoms with Gasteiger partial charge in [0.2, 0.25) is 0 Å². The van der Waals surface area contributed by atoms with E-state index in [9.17, 15) is 0 Å². The molecule has 0 aliphatic rings. The van der Waals surface area contributed by atoms with Crippen LogP contribution in [-0.4, -0.2) is 12.3 Å². The fraction of sp³-hybridized carbons (Fsp3) is 0.100. The van der Waals surface area contributed by atoms with Crippen LogP contribution < -0.4 is 5.30 Å². The minimum Gasteiger partial charge on any atom is -0.137 e. The predicted octanol–water partition coefficient (Wildman–Crippen LogP) is 5.33. The summed E-state index contributed by atoms with van der Waals surface area (Å²) in [6.45, 7) is 0. The van der Waals surface area contributed by atoms with Gasteiger partial charge in [-0.2, -0.15) is 0 Å². The molecule has 2 heteroatoms. The molecule has 2 unspecified atom stereocenters. The van der Waals surface area contributed by atoms with E-state index in [1.165, 1.54) is 49.9 Å². The molecule has 4 aromatic rings. The summed E-state index contributed by atoms with van der Waals surface area (Å²) < 4.78 is 0. The van der Waals surface area contributed by atoms with Gasteiger partial charge in [0, 0.05) is 0 Å². The lowest BCUT2D eigenvalue weighted by Crippen LogP contribution is -1.99. The third-order valence-corrected chi connectivity index (χ3v) is 6.39. The second-order valence-electron chi connectivity index (χ2n) is 5.61. The highest BCUT2D eigenvalue weighted by Crippen LogP contribution is 2.31. The second-order valence-corrected chi connectivity index (χ2v) is 7.57. The van der Waals surface area contributed by atoms with Crippen molar-refractivity contribution in [3.8, 4) is 0 Å². The van der Waals surface area contributed by atoms with Crippen LogP contribution in [0.4, 0.5) is 0 Å². The summed E-state index contributed by atoms with van der Waals surface area (Å²) in [6.07, 6.45) is 2.41. The molecular weight excluding hydrogens is 302 g/mol. The van der Waals surface area contributed by atoms with E-state index in [2.05, 4.69) is 76.0 Å². The third-order valence-electron chi connectivity index (χ3n) is 4.19. The van der Waals surface area contributed by atoms with E-state index < -0.39 is 0 Å². The summed E-state index contributed by atoms with van der Waals surface area (Å²) in [5.41, 5.74) is 0. The Morgan fingerprint density at radius 3 is 2.27 bits per heavy atom. The van der Waals surface area contributed by atoms with Gasteiger partial charge in [-0.3, -0.25) is 0 Å². The van der Waals surface area contributed by atoms with Crippen molar-refractivity contribution in [3.63, 3.8) is 0 Å². The van der Waals surface area contributed by atoms with Gasteiger partial charge in [0.05, 0.1) is 0 Å². The third kappa shape index (κ3) is 2.41. The van der Waals surface area contributed by atoms with Gasteiger partial charge in [0.25, 0.3) is 0 Å². The molecule has 0 fully saturated rings. The first kappa shape index (κ1) is 14.1. The lowest BCUT2D eigenvalue weighted by molar-refractivity contribution is 1.55. The standard InChI is InChI=1S/C20H18P2/c21-10-11-22-19-7-3-6-14-8-9-17-12-15-4-1-2-5-16(15)13-18(17)20(14)19/h1-9,12-13,22H,10-11,21H2. The van der Waals surface area contributed by atoms with Gasteiger partial charge < -0.3 is 0 Å². The fourth-order valence-corrected chi connectivity index (χ4v) is 4.67. The molecule has 0 nitrogen and oxygen atoms in total. The predicted molar refractivity (Wildman–Crippen MR) is 106 cm³/mol. The van der Waals surface area contributed by atoms with E-state index >= 15 is 0 Å². The zero-order valence-corrected chi connectivity index (χ0v) is 14.5. The Hall–Kier alpha value is -1.48. The molecule has 0 aromatic heterocycles. The Labute approximate surface area is 134 Å². The van der Waals surface area contributed by atoms with Gasteiger partial charge in [-0.1, -0.05) is 63.2 Å². The van der Waals surface area contributed by atoms with Crippen molar-refractivity contribution in [2.24, 2.45) is 0 Å². The largest absolute Gasteiger partial charge is 0.137 e. The molecule has 0 spiro atoms. The highest BCUT2D eigenvalue weighted by atomic mass is 31.1. The molecule has 0 radical (unpaired) electrons. The summed E-state index contributed by atoms with van der Waals surface area (Å²) in [4.78, 5) is 0. The molecule has 4 aromatic carbocycles. The topological polar surface area (TPSA) is 0 Å². The first-order chi connectivity index (χ1) is 10.9.